The third-order valence-corrected chi connectivity index (χ3v) is 2.88. The topological polar surface area (TPSA) is 47.0 Å². The van der Waals surface area contributed by atoms with Crippen molar-refractivity contribution in [3.63, 3.8) is 0 Å². The smallest absolute Gasteiger partial charge is 0.148 e. The molecule has 1 aromatic rings. The summed E-state index contributed by atoms with van der Waals surface area (Å²) in [6.07, 6.45) is 1.49. The van der Waals surface area contributed by atoms with Crippen LogP contribution in [0, 0.1) is 12.8 Å². The number of ether oxygens (including phenoxy) is 1. The Hall–Kier alpha value is -1.16. The van der Waals surface area contributed by atoms with E-state index < -0.39 is 0 Å². The summed E-state index contributed by atoms with van der Waals surface area (Å²) in [6.45, 7) is 5.86. The van der Waals surface area contributed by atoms with Gasteiger partial charge >= 0.3 is 0 Å². The van der Waals surface area contributed by atoms with Crippen molar-refractivity contribution >= 4 is 5.82 Å². The number of anilines is 1. The molecule has 1 N–H and O–H groups in total. The number of nitrogens with one attached hydrogen (secondary N) is 1. The number of aryl methyl sites for hydroxylation is 1. The second-order valence-electron chi connectivity index (χ2n) is 4.07. The van der Waals surface area contributed by atoms with E-state index in [0.717, 1.165) is 31.1 Å². The maximum absolute atomic E-state index is 5.50. The first-order valence-corrected chi connectivity index (χ1v) is 5.41. The standard InChI is InChI=1S/C11H17N3O/c1-8-3-4-11(14-13-8)12-7-10-5-6-15-9(10)2/h3-4,9-10H,5-7H2,1-2H3,(H,12,14). The van der Waals surface area contributed by atoms with Crippen LogP contribution in [0.15, 0.2) is 12.1 Å². The Bertz CT molecular complexity index is 312. The molecule has 1 aromatic heterocycles. The Morgan fingerprint density at radius 1 is 1.47 bits per heavy atom. The van der Waals surface area contributed by atoms with Crippen LogP contribution in [0.2, 0.25) is 0 Å². The van der Waals surface area contributed by atoms with Crippen LogP contribution in [-0.2, 0) is 4.74 Å². The molecule has 15 heavy (non-hydrogen) atoms. The van der Waals surface area contributed by atoms with Crippen LogP contribution in [0.5, 0.6) is 0 Å². The molecule has 1 aliphatic rings. The molecule has 82 valence electrons. The monoisotopic (exact) mass is 207 g/mol. The van der Waals surface area contributed by atoms with Crippen molar-refractivity contribution in [2.45, 2.75) is 26.4 Å². The minimum absolute atomic E-state index is 0.357. The molecule has 2 rings (SSSR count). The largest absolute Gasteiger partial charge is 0.378 e. The Balaban J connectivity index is 1.85. The van der Waals surface area contributed by atoms with Gasteiger partial charge in [-0.1, -0.05) is 0 Å². The molecule has 1 fully saturated rings. The van der Waals surface area contributed by atoms with E-state index in [0.29, 0.717) is 12.0 Å². The number of hydrogen-bond donors (Lipinski definition) is 1. The van der Waals surface area contributed by atoms with Gasteiger partial charge in [0.1, 0.15) is 5.82 Å². The van der Waals surface area contributed by atoms with Gasteiger partial charge in [0.05, 0.1) is 11.8 Å². The van der Waals surface area contributed by atoms with Gasteiger partial charge in [0.2, 0.25) is 0 Å². The SMILES string of the molecule is Cc1ccc(NCC2CCOC2C)nn1. The molecule has 0 bridgehead atoms. The van der Waals surface area contributed by atoms with Crippen molar-refractivity contribution in [3.05, 3.63) is 17.8 Å². The highest BCUT2D eigenvalue weighted by Crippen LogP contribution is 2.20. The van der Waals surface area contributed by atoms with Crippen molar-refractivity contribution in [2.75, 3.05) is 18.5 Å². The van der Waals surface area contributed by atoms with Gasteiger partial charge in [-0.15, -0.1) is 5.10 Å². The lowest BCUT2D eigenvalue weighted by atomic mass is 10.0. The van der Waals surface area contributed by atoms with Crippen LogP contribution in [-0.4, -0.2) is 29.5 Å². The van der Waals surface area contributed by atoms with Crippen molar-refractivity contribution in [2.24, 2.45) is 5.92 Å². The van der Waals surface area contributed by atoms with Crippen molar-refractivity contribution < 1.29 is 4.74 Å². The number of hydrogen-bond acceptors (Lipinski definition) is 4. The molecule has 1 saturated heterocycles. The van der Waals surface area contributed by atoms with Gasteiger partial charge in [-0.2, -0.15) is 5.10 Å². The second-order valence-corrected chi connectivity index (χ2v) is 4.07. The highest BCUT2D eigenvalue weighted by atomic mass is 16.5. The first kappa shape index (κ1) is 10.4. The van der Waals surface area contributed by atoms with Crippen LogP contribution >= 0.6 is 0 Å². The average molecular weight is 207 g/mol. The van der Waals surface area contributed by atoms with Crippen LogP contribution in [0.3, 0.4) is 0 Å². The molecule has 2 heterocycles. The third-order valence-electron chi connectivity index (χ3n) is 2.88. The molecule has 2 unspecified atom stereocenters. The second kappa shape index (κ2) is 4.57. The molecule has 0 saturated carbocycles. The molecular weight excluding hydrogens is 190 g/mol. The Labute approximate surface area is 90.1 Å². The predicted molar refractivity (Wildman–Crippen MR) is 58.8 cm³/mol. The number of rotatable bonds is 3. The summed E-state index contributed by atoms with van der Waals surface area (Å²) in [6, 6.07) is 3.92. The summed E-state index contributed by atoms with van der Waals surface area (Å²) < 4.78 is 5.50. The zero-order valence-electron chi connectivity index (χ0n) is 9.23. The third kappa shape index (κ3) is 2.65. The van der Waals surface area contributed by atoms with Gasteiger partial charge in [-0.05, 0) is 32.4 Å². The van der Waals surface area contributed by atoms with Crippen molar-refractivity contribution in [1.29, 1.82) is 0 Å². The fourth-order valence-electron chi connectivity index (χ4n) is 1.77. The van der Waals surface area contributed by atoms with Gasteiger partial charge in [-0.3, -0.25) is 0 Å². The van der Waals surface area contributed by atoms with Gasteiger partial charge in [0, 0.05) is 19.1 Å². The lowest BCUT2D eigenvalue weighted by Crippen LogP contribution is -2.21. The van der Waals surface area contributed by atoms with Gasteiger partial charge < -0.3 is 10.1 Å². The molecule has 4 heteroatoms. The Morgan fingerprint density at radius 3 is 2.93 bits per heavy atom. The normalized spacial score (nSPS) is 25.5. The molecule has 0 aliphatic carbocycles. The fraction of sp³-hybridized carbons (Fsp3) is 0.636. The van der Waals surface area contributed by atoms with E-state index >= 15 is 0 Å². The summed E-state index contributed by atoms with van der Waals surface area (Å²) in [5.41, 5.74) is 0.943. The Morgan fingerprint density at radius 2 is 2.33 bits per heavy atom. The summed E-state index contributed by atoms with van der Waals surface area (Å²) in [7, 11) is 0. The first-order valence-electron chi connectivity index (χ1n) is 5.41. The van der Waals surface area contributed by atoms with E-state index in [1.807, 2.05) is 19.1 Å². The number of aromatic nitrogens is 2. The molecule has 0 radical (unpaired) electrons. The minimum Gasteiger partial charge on any atom is -0.378 e. The fourth-order valence-corrected chi connectivity index (χ4v) is 1.77. The molecule has 1 aliphatic heterocycles. The van der Waals surface area contributed by atoms with Gasteiger partial charge in [0.25, 0.3) is 0 Å². The van der Waals surface area contributed by atoms with Crippen LogP contribution in [0.25, 0.3) is 0 Å². The molecular formula is C11H17N3O. The highest BCUT2D eigenvalue weighted by molar-refractivity contribution is 5.32. The average Bonchev–Trinajstić information content (AvgIpc) is 2.63. The molecule has 0 aromatic carbocycles. The van der Waals surface area contributed by atoms with E-state index in [2.05, 4.69) is 22.4 Å². The Kier molecular flexibility index (Phi) is 3.16. The lowest BCUT2D eigenvalue weighted by Gasteiger charge is -2.14. The zero-order chi connectivity index (χ0) is 10.7. The molecule has 4 nitrogen and oxygen atoms in total. The van der Waals surface area contributed by atoms with Crippen molar-refractivity contribution in [3.8, 4) is 0 Å². The van der Waals surface area contributed by atoms with Gasteiger partial charge in [0.15, 0.2) is 0 Å². The zero-order valence-corrected chi connectivity index (χ0v) is 9.23. The van der Waals surface area contributed by atoms with E-state index in [1.165, 1.54) is 0 Å². The quantitative estimate of drug-likeness (QED) is 0.818. The van der Waals surface area contributed by atoms with E-state index in [1.54, 1.807) is 0 Å². The molecule has 0 amide bonds. The van der Waals surface area contributed by atoms with E-state index in [9.17, 15) is 0 Å². The van der Waals surface area contributed by atoms with E-state index in [-0.39, 0.29) is 0 Å². The van der Waals surface area contributed by atoms with Gasteiger partial charge in [-0.25, -0.2) is 0 Å². The maximum atomic E-state index is 5.50. The predicted octanol–water partition coefficient (Wildman–Crippen LogP) is 1.62. The van der Waals surface area contributed by atoms with Crippen LogP contribution in [0.1, 0.15) is 19.0 Å². The summed E-state index contributed by atoms with van der Waals surface area (Å²) in [5, 5.41) is 11.4. The highest BCUT2D eigenvalue weighted by Gasteiger charge is 2.23. The maximum Gasteiger partial charge on any atom is 0.148 e. The first-order chi connectivity index (χ1) is 7.25. The molecule has 0 spiro atoms. The summed E-state index contributed by atoms with van der Waals surface area (Å²) >= 11 is 0. The van der Waals surface area contributed by atoms with Crippen molar-refractivity contribution in [1.82, 2.24) is 10.2 Å². The van der Waals surface area contributed by atoms with Crippen LogP contribution in [0.4, 0.5) is 5.82 Å². The number of nitrogens with zero attached hydrogens (tertiary/aromatic N) is 2. The van der Waals surface area contributed by atoms with E-state index in [4.69, 9.17) is 4.74 Å². The van der Waals surface area contributed by atoms with Crippen LogP contribution < -0.4 is 5.32 Å². The molecule has 2 atom stereocenters. The minimum atomic E-state index is 0.357. The summed E-state index contributed by atoms with van der Waals surface area (Å²) in [4.78, 5) is 0. The lowest BCUT2D eigenvalue weighted by molar-refractivity contribution is 0.108. The summed E-state index contributed by atoms with van der Waals surface area (Å²) in [5.74, 6) is 1.44.